The second kappa shape index (κ2) is 12.9. The number of hydrogen-bond acceptors (Lipinski definition) is 6. The van der Waals surface area contributed by atoms with Gasteiger partial charge in [0.15, 0.2) is 11.5 Å². The zero-order chi connectivity index (χ0) is 30.1. The van der Waals surface area contributed by atoms with Gasteiger partial charge in [0.05, 0.1) is 12.6 Å². The van der Waals surface area contributed by atoms with E-state index in [0.717, 1.165) is 76.1 Å². The van der Waals surface area contributed by atoms with Crippen molar-refractivity contribution in [2.75, 3.05) is 19.6 Å². The number of nitrogens with zero attached hydrogens (tertiary/aromatic N) is 2. The van der Waals surface area contributed by atoms with E-state index < -0.39 is 0 Å². The van der Waals surface area contributed by atoms with Gasteiger partial charge in [0.25, 0.3) is 0 Å². The Hall–Kier alpha value is -2.41. The van der Waals surface area contributed by atoms with Gasteiger partial charge in [-0.2, -0.15) is 0 Å². The van der Waals surface area contributed by atoms with Crippen LogP contribution in [0.5, 0.6) is 11.5 Å². The van der Waals surface area contributed by atoms with Crippen molar-refractivity contribution in [3.05, 3.63) is 23.3 Å². The lowest BCUT2D eigenvalue weighted by Gasteiger charge is -2.60. The molecule has 0 N–H and O–H groups in total. The van der Waals surface area contributed by atoms with Gasteiger partial charge in [-0.15, -0.1) is 0 Å². The Morgan fingerprint density at radius 3 is 2.60 bits per heavy atom. The molecule has 3 fully saturated rings. The summed E-state index contributed by atoms with van der Waals surface area (Å²) in [6.07, 6.45) is 16.4. The second-order valence-corrected chi connectivity index (χ2v) is 14.2. The first kappa shape index (κ1) is 30.6. The van der Waals surface area contributed by atoms with Gasteiger partial charge in [0, 0.05) is 36.9 Å². The Balaban J connectivity index is 1.28. The summed E-state index contributed by atoms with van der Waals surface area (Å²) in [4.78, 5) is 43.0. The summed E-state index contributed by atoms with van der Waals surface area (Å²) in [5.74, 6) is 2.57. The summed E-state index contributed by atoms with van der Waals surface area (Å²) >= 11 is 0. The Morgan fingerprint density at radius 1 is 1.05 bits per heavy atom. The minimum Gasteiger partial charge on any atom is -0.483 e. The van der Waals surface area contributed by atoms with Crippen LogP contribution in [-0.4, -0.2) is 65.3 Å². The molecule has 7 nitrogen and oxygen atoms in total. The highest BCUT2D eigenvalue weighted by Gasteiger charge is 2.66. The van der Waals surface area contributed by atoms with E-state index in [2.05, 4.69) is 22.8 Å². The topological polar surface area (TPSA) is 76.2 Å². The highest BCUT2D eigenvalue weighted by molar-refractivity contribution is 5.78. The van der Waals surface area contributed by atoms with Gasteiger partial charge < -0.3 is 14.4 Å². The lowest BCUT2D eigenvalue weighted by molar-refractivity contribution is -0.143. The fraction of sp³-hybridized carbons (Fsp3) is 0.750. The average molecular weight is 593 g/mol. The predicted molar refractivity (Wildman–Crippen MR) is 166 cm³/mol. The summed E-state index contributed by atoms with van der Waals surface area (Å²) in [5, 5.41) is 0. The number of benzene rings is 1. The summed E-state index contributed by atoms with van der Waals surface area (Å²) in [5.41, 5.74) is 2.24. The maximum Gasteiger partial charge on any atom is 0.308 e. The smallest absolute Gasteiger partial charge is 0.308 e. The minimum absolute atomic E-state index is 0.00261. The number of carbonyl (C=O) groups is 3. The molecule has 0 aromatic heterocycles. The normalized spacial score (nSPS) is 29.5. The van der Waals surface area contributed by atoms with E-state index >= 15 is 0 Å². The molecule has 1 aromatic carbocycles. The molecular weight excluding hydrogens is 540 g/mol. The van der Waals surface area contributed by atoms with E-state index in [1.54, 1.807) is 6.92 Å². The fourth-order valence-corrected chi connectivity index (χ4v) is 9.76. The molecule has 236 valence electrons. The first-order valence-corrected chi connectivity index (χ1v) is 17.4. The quantitative estimate of drug-likeness (QED) is 0.159. The number of piperidine rings is 1. The van der Waals surface area contributed by atoms with Crippen molar-refractivity contribution >= 4 is 17.7 Å². The third-order valence-corrected chi connectivity index (χ3v) is 11.5. The number of ketones is 1. The van der Waals surface area contributed by atoms with Crippen LogP contribution in [0.25, 0.3) is 0 Å². The van der Waals surface area contributed by atoms with Crippen LogP contribution in [0, 0.1) is 11.8 Å². The minimum atomic E-state index is -0.349. The molecule has 5 atom stereocenters. The third-order valence-electron chi connectivity index (χ3n) is 11.5. The largest absolute Gasteiger partial charge is 0.483 e. The number of hydrogen-bond donors (Lipinski definition) is 0. The highest BCUT2D eigenvalue weighted by atomic mass is 16.6. The fourth-order valence-electron chi connectivity index (χ4n) is 9.76. The van der Waals surface area contributed by atoms with Crippen LogP contribution in [0.1, 0.15) is 122 Å². The SMILES string of the molecule is CCCCN(C(=O)CCCCC1CCCCC1)[C@@H]1CC[C@H]2[C@H]3Cc4ccc(OC(C)=O)c5c4[C@@]2(CCN3CC(C)=O)[C@H]1O5. The molecule has 2 aliphatic heterocycles. The molecule has 3 aliphatic carbocycles. The van der Waals surface area contributed by atoms with Gasteiger partial charge in [-0.05, 0) is 75.5 Å². The molecule has 5 aliphatic rings. The van der Waals surface area contributed by atoms with Gasteiger partial charge in [0.1, 0.15) is 11.9 Å². The number of carbonyl (C=O) groups excluding carboxylic acids is 3. The number of rotatable bonds is 12. The Labute approximate surface area is 258 Å². The van der Waals surface area contributed by atoms with Crippen LogP contribution in [-0.2, 0) is 26.2 Å². The van der Waals surface area contributed by atoms with Gasteiger partial charge in [0.2, 0.25) is 5.91 Å². The molecule has 6 rings (SSSR count). The zero-order valence-electron chi connectivity index (χ0n) is 26.7. The first-order chi connectivity index (χ1) is 20.8. The van der Waals surface area contributed by atoms with Crippen molar-refractivity contribution in [3.8, 4) is 11.5 Å². The Bertz CT molecular complexity index is 1210. The van der Waals surface area contributed by atoms with Crippen molar-refractivity contribution in [1.29, 1.82) is 0 Å². The maximum absolute atomic E-state index is 14.0. The van der Waals surface area contributed by atoms with Crippen molar-refractivity contribution in [1.82, 2.24) is 9.80 Å². The maximum atomic E-state index is 14.0. The van der Waals surface area contributed by atoms with Crippen molar-refractivity contribution in [3.63, 3.8) is 0 Å². The number of unbranched alkanes of at least 4 members (excludes halogenated alkanes) is 2. The van der Waals surface area contributed by atoms with Gasteiger partial charge >= 0.3 is 5.97 Å². The molecule has 1 saturated heterocycles. The van der Waals surface area contributed by atoms with Crippen molar-refractivity contribution in [2.45, 2.75) is 141 Å². The first-order valence-electron chi connectivity index (χ1n) is 17.4. The number of esters is 1. The van der Waals surface area contributed by atoms with E-state index in [0.29, 0.717) is 24.6 Å². The molecule has 1 aromatic rings. The number of amides is 1. The number of likely N-dealkylation sites (tertiary alicyclic amines) is 1. The lowest BCUT2D eigenvalue weighted by Crippen LogP contribution is -2.69. The second-order valence-electron chi connectivity index (χ2n) is 14.2. The van der Waals surface area contributed by atoms with Gasteiger partial charge in [-0.25, -0.2) is 0 Å². The van der Waals surface area contributed by atoms with E-state index in [4.69, 9.17) is 9.47 Å². The molecule has 43 heavy (non-hydrogen) atoms. The molecular formula is C36H52N2O5. The molecule has 2 heterocycles. The van der Waals surface area contributed by atoms with Gasteiger partial charge in [-0.1, -0.05) is 64.4 Å². The molecule has 1 amide bonds. The van der Waals surface area contributed by atoms with Crippen LogP contribution in [0.15, 0.2) is 12.1 Å². The van der Waals surface area contributed by atoms with Crippen LogP contribution in [0.2, 0.25) is 0 Å². The summed E-state index contributed by atoms with van der Waals surface area (Å²) < 4.78 is 12.7. The Kier molecular flexibility index (Phi) is 9.19. The molecule has 1 spiro atoms. The molecule has 2 saturated carbocycles. The van der Waals surface area contributed by atoms with E-state index in [1.165, 1.54) is 56.6 Å². The van der Waals surface area contributed by atoms with Gasteiger partial charge in [-0.3, -0.25) is 19.3 Å². The predicted octanol–water partition coefficient (Wildman–Crippen LogP) is 6.38. The Morgan fingerprint density at radius 2 is 1.86 bits per heavy atom. The van der Waals surface area contributed by atoms with Crippen LogP contribution < -0.4 is 9.47 Å². The van der Waals surface area contributed by atoms with Crippen LogP contribution in [0.4, 0.5) is 0 Å². The molecule has 0 radical (unpaired) electrons. The average Bonchev–Trinajstić information content (AvgIpc) is 3.34. The third kappa shape index (κ3) is 5.76. The molecule has 2 bridgehead atoms. The standard InChI is InChI=1S/C36H52N2O5/c1-4-5-20-38(32(41)14-10-9-13-26-11-7-6-8-12-26)29-17-16-28-30-22-27-15-18-31(42-25(3)40)34-33(27)36(28,35(29)43-34)19-21-37(30)23-24(2)39/h15,18,26,28-30,35H,4-14,16-17,19-23H2,1-3H3/t28-,29+,30+,35-,36-/m0/s1. The summed E-state index contributed by atoms with van der Waals surface area (Å²) in [6, 6.07) is 4.27. The highest BCUT2D eigenvalue weighted by Crippen LogP contribution is 2.64. The summed E-state index contributed by atoms with van der Waals surface area (Å²) in [6.45, 7) is 7.42. The van der Waals surface area contributed by atoms with Crippen LogP contribution in [0.3, 0.4) is 0 Å². The van der Waals surface area contributed by atoms with E-state index in [1.807, 2.05) is 6.07 Å². The lowest BCUT2D eigenvalue weighted by atomic mass is 9.51. The van der Waals surface area contributed by atoms with E-state index in [9.17, 15) is 14.4 Å². The van der Waals surface area contributed by atoms with Crippen molar-refractivity contribution in [2.24, 2.45) is 11.8 Å². The summed E-state index contributed by atoms with van der Waals surface area (Å²) in [7, 11) is 0. The molecule has 7 heteroatoms. The monoisotopic (exact) mass is 592 g/mol. The number of Topliss-reactive ketones (excluding diaryl/α,β-unsaturated/α-hetero) is 1. The van der Waals surface area contributed by atoms with E-state index in [-0.39, 0.29) is 41.3 Å². The molecule has 0 unspecified atom stereocenters. The van der Waals surface area contributed by atoms with Crippen molar-refractivity contribution < 1.29 is 23.9 Å². The zero-order valence-corrected chi connectivity index (χ0v) is 26.7. The number of ether oxygens (including phenoxy) is 2. The van der Waals surface area contributed by atoms with Crippen LogP contribution >= 0.6 is 0 Å².